The van der Waals surface area contributed by atoms with Crippen molar-refractivity contribution in [3.05, 3.63) is 41.3 Å². The summed E-state index contributed by atoms with van der Waals surface area (Å²) in [6.45, 7) is 3.28. The second-order valence-electron chi connectivity index (χ2n) is 4.87. The van der Waals surface area contributed by atoms with E-state index in [-0.39, 0.29) is 17.5 Å². The number of rotatable bonds is 2. The van der Waals surface area contributed by atoms with Crippen molar-refractivity contribution in [2.45, 2.75) is 20.3 Å². The Morgan fingerprint density at radius 3 is 2.80 bits per heavy atom. The van der Waals surface area contributed by atoms with Gasteiger partial charge in [-0.15, -0.1) is 0 Å². The van der Waals surface area contributed by atoms with Crippen molar-refractivity contribution in [1.82, 2.24) is 9.97 Å². The maximum atomic E-state index is 11.4. The Labute approximate surface area is 116 Å². The molecule has 2 heterocycles. The van der Waals surface area contributed by atoms with Gasteiger partial charge in [0.25, 0.3) is 0 Å². The van der Waals surface area contributed by atoms with Crippen molar-refractivity contribution < 1.29 is 9.59 Å². The Morgan fingerprint density at radius 2 is 2.05 bits per heavy atom. The quantitative estimate of drug-likeness (QED) is 0.846. The molecule has 0 fully saturated rings. The number of fused-ring (bicyclic) bond motifs is 1. The molecule has 1 aliphatic rings. The molecule has 0 bridgehead atoms. The third-order valence-corrected chi connectivity index (χ3v) is 3.20. The lowest BCUT2D eigenvalue weighted by Crippen LogP contribution is -2.03. The minimum absolute atomic E-state index is 0.000410. The second kappa shape index (κ2) is 4.52. The van der Waals surface area contributed by atoms with Crippen LogP contribution in [-0.2, 0) is 11.2 Å². The minimum atomic E-state index is -0.159. The first-order valence-corrected chi connectivity index (χ1v) is 6.33. The summed E-state index contributed by atoms with van der Waals surface area (Å²) in [6.07, 6.45) is 0.382. The van der Waals surface area contributed by atoms with Crippen LogP contribution in [0.25, 0.3) is 11.3 Å². The summed E-state index contributed by atoms with van der Waals surface area (Å²) in [5, 5.41) is 2.79. The Morgan fingerprint density at radius 1 is 1.25 bits per heavy atom. The molecular weight excluding hydrogens is 254 g/mol. The third-order valence-electron chi connectivity index (χ3n) is 3.20. The molecule has 3 rings (SSSR count). The Kier molecular flexibility index (Phi) is 2.82. The van der Waals surface area contributed by atoms with E-state index in [1.807, 2.05) is 31.2 Å². The van der Waals surface area contributed by atoms with Gasteiger partial charge in [0.2, 0.25) is 5.91 Å². The van der Waals surface area contributed by atoms with Crippen LogP contribution < -0.4 is 5.32 Å². The molecule has 1 aromatic carbocycles. The standard InChI is InChI=1S/C15H13N3O2/c1-8-5-13(18-15(16-8)9(2)19)10-3-4-12-11(6-10)7-14(20)17-12/h3-6H,7H2,1-2H3,(H,17,20). The fraction of sp³-hybridized carbons (Fsp3) is 0.200. The molecule has 0 saturated heterocycles. The normalized spacial score (nSPS) is 13.0. The van der Waals surface area contributed by atoms with E-state index in [2.05, 4.69) is 15.3 Å². The van der Waals surface area contributed by atoms with E-state index in [9.17, 15) is 9.59 Å². The fourth-order valence-corrected chi connectivity index (χ4v) is 2.26. The number of aryl methyl sites for hydroxylation is 1. The molecule has 5 nitrogen and oxygen atoms in total. The number of anilines is 1. The molecule has 1 N–H and O–H groups in total. The highest BCUT2D eigenvalue weighted by atomic mass is 16.1. The summed E-state index contributed by atoms with van der Waals surface area (Å²) >= 11 is 0. The van der Waals surface area contributed by atoms with Crippen LogP contribution in [0.1, 0.15) is 28.8 Å². The summed E-state index contributed by atoms with van der Waals surface area (Å²) < 4.78 is 0. The first kappa shape index (κ1) is 12.5. The first-order valence-electron chi connectivity index (χ1n) is 6.33. The van der Waals surface area contributed by atoms with Crippen molar-refractivity contribution in [1.29, 1.82) is 0 Å². The van der Waals surface area contributed by atoms with Crippen molar-refractivity contribution in [3.8, 4) is 11.3 Å². The molecule has 20 heavy (non-hydrogen) atoms. The summed E-state index contributed by atoms with van der Waals surface area (Å²) in [5.74, 6) is 0.0584. The van der Waals surface area contributed by atoms with Crippen molar-refractivity contribution >= 4 is 17.4 Å². The topological polar surface area (TPSA) is 72.0 Å². The van der Waals surface area contributed by atoms with Gasteiger partial charge in [-0.1, -0.05) is 6.07 Å². The molecule has 0 unspecified atom stereocenters. The molecule has 0 atom stereocenters. The van der Waals surface area contributed by atoms with Crippen LogP contribution in [0.2, 0.25) is 0 Å². The number of nitrogens with one attached hydrogen (secondary N) is 1. The van der Waals surface area contributed by atoms with E-state index >= 15 is 0 Å². The van der Waals surface area contributed by atoms with E-state index in [1.54, 1.807) is 0 Å². The molecule has 1 aliphatic heterocycles. The molecular formula is C15H13N3O2. The number of aromatic nitrogens is 2. The van der Waals surface area contributed by atoms with E-state index in [0.29, 0.717) is 12.1 Å². The molecule has 1 amide bonds. The third kappa shape index (κ3) is 2.18. The SMILES string of the molecule is CC(=O)c1nc(C)cc(-c2ccc3c(c2)CC(=O)N3)n1. The zero-order chi connectivity index (χ0) is 14.3. The number of hydrogen-bond donors (Lipinski definition) is 1. The molecule has 1 aromatic heterocycles. The Bertz CT molecular complexity index is 738. The lowest BCUT2D eigenvalue weighted by Gasteiger charge is -2.06. The zero-order valence-corrected chi connectivity index (χ0v) is 11.2. The Balaban J connectivity index is 2.08. The average molecular weight is 267 g/mol. The van der Waals surface area contributed by atoms with Crippen molar-refractivity contribution in [2.24, 2.45) is 0 Å². The largest absolute Gasteiger partial charge is 0.326 e. The van der Waals surface area contributed by atoms with Gasteiger partial charge in [-0.25, -0.2) is 9.97 Å². The molecule has 0 radical (unpaired) electrons. The van der Waals surface area contributed by atoms with Gasteiger partial charge in [0.15, 0.2) is 11.6 Å². The molecule has 2 aromatic rings. The van der Waals surface area contributed by atoms with Gasteiger partial charge in [-0.3, -0.25) is 9.59 Å². The van der Waals surface area contributed by atoms with Gasteiger partial charge in [0.1, 0.15) is 0 Å². The monoisotopic (exact) mass is 267 g/mol. The predicted molar refractivity (Wildman–Crippen MR) is 74.5 cm³/mol. The zero-order valence-electron chi connectivity index (χ0n) is 11.2. The molecule has 0 saturated carbocycles. The van der Waals surface area contributed by atoms with Gasteiger partial charge in [0.05, 0.1) is 12.1 Å². The average Bonchev–Trinajstić information content (AvgIpc) is 2.76. The molecule has 0 aliphatic carbocycles. The summed E-state index contributed by atoms with van der Waals surface area (Å²) in [7, 11) is 0. The van der Waals surface area contributed by atoms with Gasteiger partial charge < -0.3 is 5.32 Å². The fourth-order valence-electron chi connectivity index (χ4n) is 2.26. The number of benzene rings is 1. The molecule has 0 spiro atoms. The van der Waals surface area contributed by atoms with E-state index in [4.69, 9.17) is 0 Å². The summed E-state index contributed by atoms with van der Waals surface area (Å²) in [5.41, 5.74) is 4.12. The van der Waals surface area contributed by atoms with E-state index < -0.39 is 0 Å². The molecule has 100 valence electrons. The number of nitrogens with zero attached hydrogens (tertiary/aromatic N) is 2. The number of carbonyl (C=O) groups excluding carboxylic acids is 2. The highest BCUT2D eigenvalue weighted by Gasteiger charge is 2.18. The lowest BCUT2D eigenvalue weighted by molar-refractivity contribution is -0.115. The maximum absolute atomic E-state index is 11.4. The van der Waals surface area contributed by atoms with Crippen molar-refractivity contribution in [2.75, 3.05) is 5.32 Å². The number of ketones is 1. The van der Waals surface area contributed by atoms with Gasteiger partial charge in [0, 0.05) is 23.9 Å². The van der Waals surface area contributed by atoms with Crippen LogP contribution in [0.5, 0.6) is 0 Å². The van der Waals surface area contributed by atoms with Crippen LogP contribution in [0.3, 0.4) is 0 Å². The maximum Gasteiger partial charge on any atom is 0.228 e. The van der Waals surface area contributed by atoms with Crippen LogP contribution in [0.15, 0.2) is 24.3 Å². The van der Waals surface area contributed by atoms with Gasteiger partial charge in [-0.2, -0.15) is 0 Å². The smallest absolute Gasteiger partial charge is 0.228 e. The lowest BCUT2D eigenvalue weighted by atomic mass is 10.1. The number of amides is 1. The van der Waals surface area contributed by atoms with Gasteiger partial charge in [-0.05, 0) is 30.7 Å². The van der Waals surface area contributed by atoms with Crippen LogP contribution >= 0.6 is 0 Å². The second-order valence-corrected chi connectivity index (χ2v) is 4.87. The predicted octanol–water partition coefficient (Wildman–Crippen LogP) is 2.15. The van der Waals surface area contributed by atoms with E-state index in [1.165, 1.54) is 6.92 Å². The number of carbonyl (C=O) groups is 2. The highest BCUT2D eigenvalue weighted by molar-refractivity contribution is 5.99. The van der Waals surface area contributed by atoms with Crippen molar-refractivity contribution in [3.63, 3.8) is 0 Å². The Hall–Kier alpha value is -2.56. The molecule has 5 heteroatoms. The summed E-state index contributed by atoms with van der Waals surface area (Å²) in [6, 6.07) is 7.51. The van der Waals surface area contributed by atoms with Crippen LogP contribution in [0, 0.1) is 6.92 Å². The van der Waals surface area contributed by atoms with E-state index in [0.717, 1.165) is 22.5 Å². The minimum Gasteiger partial charge on any atom is -0.326 e. The number of Topliss-reactive ketones (excluding diaryl/α,β-unsaturated/α-hetero) is 1. The number of hydrogen-bond acceptors (Lipinski definition) is 4. The first-order chi connectivity index (χ1) is 9.52. The van der Waals surface area contributed by atoms with Gasteiger partial charge >= 0.3 is 0 Å². The van der Waals surface area contributed by atoms with Crippen LogP contribution in [0.4, 0.5) is 5.69 Å². The summed E-state index contributed by atoms with van der Waals surface area (Å²) in [4.78, 5) is 31.2. The van der Waals surface area contributed by atoms with Crippen LogP contribution in [-0.4, -0.2) is 21.7 Å². The highest BCUT2D eigenvalue weighted by Crippen LogP contribution is 2.28.